The maximum absolute atomic E-state index is 11.5. The Kier molecular flexibility index (Phi) is 5.81. The number of aliphatic hydroxyl groups excluding tert-OH is 1. The molecule has 116 valence electrons. The summed E-state index contributed by atoms with van der Waals surface area (Å²) < 4.78 is 0. The maximum Gasteiger partial charge on any atom is 0.222 e. The normalized spacial score (nSPS) is 25.9. The van der Waals surface area contributed by atoms with Crippen molar-refractivity contribution >= 4 is 5.91 Å². The van der Waals surface area contributed by atoms with Gasteiger partial charge in [0.05, 0.1) is 6.10 Å². The van der Waals surface area contributed by atoms with Crippen LogP contribution in [0.25, 0.3) is 0 Å². The molecule has 0 radical (unpaired) electrons. The second kappa shape index (κ2) is 7.38. The van der Waals surface area contributed by atoms with Crippen molar-refractivity contribution in [3.63, 3.8) is 0 Å². The van der Waals surface area contributed by atoms with Gasteiger partial charge in [0.25, 0.3) is 0 Å². The van der Waals surface area contributed by atoms with Gasteiger partial charge in [0.1, 0.15) is 0 Å². The van der Waals surface area contributed by atoms with E-state index in [1.165, 1.54) is 6.42 Å². The molecule has 1 N–H and O–H groups in total. The number of likely N-dealkylation sites (tertiary alicyclic amines) is 2. The Labute approximate surface area is 122 Å². The van der Waals surface area contributed by atoms with Crippen molar-refractivity contribution in [2.24, 2.45) is 5.92 Å². The highest BCUT2D eigenvalue weighted by Crippen LogP contribution is 2.18. The van der Waals surface area contributed by atoms with E-state index in [4.69, 9.17) is 0 Å². The molecule has 2 aliphatic heterocycles. The molecule has 0 spiro atoms. The first-order valence-electron chi connectivity index (χ1n) is 7.95. The molecule has 5 heteroatoms. The van der Waals surface area contributed by atoms with Crippen LogP contribution in [0.1, 0.15) is 26.2 Å². The lowest BCUT2D eigenvalue weighted by molar-refractivity contribution is -0.129. The molecule has 1 amide bonds. The summed E-state index contributed by atoms with van der Waals surface area (Å²) in [7, 11) is 2.16. The molecule has 2 rings (SSSR count). The van der Waals surface area contributed by atoms with Crippen LogP contribution in [0.15, 0.2) is 0 Å². The Balaban J connectivity index is 1.67. The summed E-state index contributed by atoms with van der Waals surface area (Å²) in [6, 6.07) is 0. The highest BCUT2D eigenvalue weighted by Gasteiger charge is 2.27. The Hall–Kier alpha value is -0.650. The van der Waals surface area contributed by atoms with E-state index < -0.39 is 6.10 Å². The Bertz CT molecular complexity index is 324. The second-order valence-corrected chi connectivity index (χ2v) is 6.37. The van der Waals surface area contributed by atoms with Gasteiger partial charge in [0.2, 0.25) is 5.91 Å². The average Bonchev–Trinajstić information content (AvgIpc) is 3.00. The van der Waals surface area contributed by atoms with Gasteiger partial charge in [-0.1, -0.05) is 6.92 Å². The van der Waals surface area contributed by atoms with Gasteiger partial charge in [-0.3, -0.25) is 4.79 Å². The third-order valence-corrected chi connectivity index (χ3v) is 4.55. The van der Waals surface area contributed by atoms with Crippen molar-refractivity contribution in [3.8, 4) is 0 Å². The first-order valence-corrected chi connectivity index (χ1v) is 7.95. The SMILES string of the molecule is CCN(C)CC1CCN(CC(O)CN2CCCC2=O)C1. The maximum atomic E-state index is 11.5. The van der Waals surface area contributed by atoms with E-state index in [9.17, 15) is 9.90 Å². The smallest absolute Gasteiger partial charge is 0.222 e. The zero-order chi connectivity index (χ0) is 14.5. The van der Waals surface area contributed by atoms with Gasteiger partial charge in [-0.2, -0.15) is 0 Å². The summed E-state index contributed by atoms with van der Waals surface area (Å²) in [5, 5.41) is 10.2. The van der Waals surface area contributed by atoms with Crippen LogP contribution in [0.2, 0.25) is 0 Å². The Morgan fingerprint density at radius 1 is 1.40 bits per heavy atom. The van der Waals surface area contributed by atoms with E-state index in [0.29, 0.717) is 19.5 Å². The van der Waals surface area contributed by atoms with Gasteiger partial charge in [0, 0.05) is 39.1 Å². The van der Waals surface area contributed by atoms with Crippen molar-refractivity contribution in [1.29, 1.82) is 0 Å². The summed E-state index contributed by atoms with van der Waals surface area (Å²) in [5.41, 5.74) is 0. The van der Waals surface area contributed by atoms with Crippen LogP contribution in [0.4, 0.5) is 0 Å². The molecule has 2 aliphatic rings. The molecule has 2 unspecified atom stereocenters. The zero-order valence-corrected chi connectivity index (χ0v) is 12.9. The van der Waals surface area contributed by atoms with Gasteiger partial charge in [-0.15, -0.1) is 0 Å². The highest BCUT2D eigenvalue weighted by atomic mass is 16.3. The number of amides is 1. The van der Waals surface area contributed by atoms with Crippen molar-refractivity contribution < 1.29 is 9.90 Å². The average molecular weight is 283 g/mol. The van der Waals surface area contributed by atoms with Gasteiger partial charge in [-0.25, -0.2) is 0 Å². The van der Waals surface area contributed by atoms with Crippen molar-refractivity contribution in [2.45, 2.75) is 32.3 Å². The van der Waals surface area contributed by atoms with Crippen LogP contribution in [0.5, 0.6) is 0 Å². The topological polar surface area (TPSA) is 47.0 Å². The van der Waals surface area contributed by atoms with Gasteiger partial charge >= 0.3 is 0 Å². The van der Waals surface area contributed by atoms with Gasteiger partial charge in [0.15, 0.2) is 0 Å². The number of hydrogen-bond acceptors (Lipinski definition) is 4. The third-order valence-electron chi connectivity index (χ3n) is 4.55. The van der Waals surface area contributed by atoms with E-state index in [1.54, 1.807) is 0 Å². The molecule has 0 bridgehead atoms. The molecule has 0 aromatic carbocycles. The van der Waals surface area contributed by atoms with Gasteiger partial charge in [-0.05, 0) is 38.9 Å². The van der Waals surface area contributed by atoms with Crippen LogP contribution in [-0.2, 0) is 4.79 Å². The number of rotatable bonds is 7. The molecule has 2 heterocycles. The largest absolute Gasteiger partial charge is 0.390 e. The van der Waals surface area contributed by atoms with Crippen LogP contribution >= 0.6 is 0 Å². The van der Waals surface area contributed by atoms with E-state index in [-0.39, 0.29) is 5.91 Å². The van der Waals surface area contributed by atoms with E-state index >= 15 is 0 Å². The van der Waals surface area contributed by atoms with Crippen LogP contribution in [0.3, 0.4) is 0 Å². The molecule has 2 saturated heterocycles. The molecule has 5 nitrogen and oxygen atoms in total. The lowest BCUT2D eigenvalue weighted by Gasteiger charge is -2.25. The lowest BCUT2D eigenvalue weighted by Crippen LogP contribution is -2.40. The summed E-state index contributed by atoms with van der Waals surface area (Å²) in [6.07, 6.45) is 2.42. The molecular formula is C15H29N3O2. The number of nitrogens with zero attached hydrogens (tertiary/aromatic N) is 3. The predicted molar refractivity (Wildman–Crippen MR) is 79.5 cm³/mol. The predicted octanol–water partition coefficient (Wildman–Crippen LogP) is 0.243. The molecule has 2 fully saturated rings. The van der Waals surface area contributed by atoms with Crippen molar-refractivity contribution in [2.75, 3.05) is 52.9 Å². The summed E-state index contributed by atoms with van der Waals surface area (Å²) in [4.78, 5) is 18.1. The summed E-state index contributed by atoms with van der Waals surface area (Å²) in [6.45, 7) is 8.61. The molecule has 2 atom stereocenters. The molecule has 0 aromatic heterocycles. The van der Waals surface area contributed by atoms with Crippen LogP contribution < -0.4 is 0 Å². The first-order chi connectivity index (χ1) is 9.58. The first kappa shape index (κ1) is 15.7. The number of β-amino-alcohol motifs (C(OH)–C–C–N with tert-alkyl or cyclic N) is 1. The summed E-state index contributed by atoms with van der Waals surface area (Å²) in [5.74, 6) is 0.925. The quantitative estimate of drug-likeness (QED) is 0.727. The Morgan fingerprint density at radius 3 is 2.85 bits per heavy atom. The Morgan fingerprint density at radius 2 is 2.20 bits per heavy atom. The molecular weight excluding hydrogens is 254 g/mol. The lowest BCUT2D eigenvalue weighted by atomic mass is 10.1. The fourth-order valence-corrected chi connectivity index (χ4v) is 3.30. The minimum Gasteiger partial charge on any atom is -0.390 e. The molecule has 20 heavy (non-hydrogen) atoms. The van der Waals surface area contributed by atoms with Crippen LogP contribution in [-0.4, -0.2) is 84.7 Å². The highest BCUT2D eigenvalue weighted by molar-refractivity contribution is 5.78. The molecule has 0 aromatic rings. The summed E-state index contributed by atoms with van der Waals surface area (Å²) >= 11 is 0. The number of aliphatic hydroxyl groups is 1. The zero-order valence-electron chi connectivity index (χ0n) is 12.9. The fraction of sp³-hybridized carbons (Fsp3) is 0.933. The number of carbonyl (C=O) groups excluding carboxylic acids is 1. The van der Waals surface area contributed by atoms with E-state index in [1.807, 2.05) is 4.90 Å². The minimum absolute atomic E-state index is 0.202. The standard InChI is InChI=1S/C15H29N3O2/c1-3-16(2)9-13-6-8-17(10-13)11-14(19)12-18-7-4-5-15(18)20/h13-14,19H,3-12H2,1-2H3. The third kappa shape index (κ3) is 4.43. The monoisotopic (exact) mass is 283 g/mol. The minimum atomic E-state index is -0.403. The number of carbonyl (C=O) groups is 1. The molecule has 0 aliphatic carbocycles. The number of hydrogen-bond donors (Lipinski definition) is 1. The van der Waals surface area contributed by atoms with Crippen molar-refractivity contribution in [3.05, 3.63) is 0 Å². The van der Waals surface area contributed by atoms with Crippen molar-refractivity contribution in [1.82, 2.24) is 14.7 Å². The van der Waals surface area contributed by atoms with Crippen LogP contribution in [0, 0.1) is 5.92 Å². The van der Waals surface area contributed by atoms with E-state index in [2.05, 4.69) is 23.8 Å². The second-order valence-electron chi connectivity index (χ2n) is 6.37. The fourth-order valence-electron chi connectivity index (χ4n) is 3.30. The van der Waals surface area contributed by atoms with Gasteiger partial charge < -0.3 is 19.8 Å². The molecule has 0 saturated carbocycles. The van der Waals surface area contributed by atoms with E-state index in [0.717, 1.165) is 45.1 Å².